The van der Waals surface area contributed by atoms with Crippen molar-refractivity contribution in [3.05, 3.63) is 33.8 Å². The Morgan fingerprint density at radius 2 is 2.07 bits per heavy atom. The molecule has 1 aromatic rings. The molecule has 0 amide bonds. The van der Waals surface area contributed by atoms with Crippen LogP contribution in [0.4, 0.5) is 0 Å². The molecule has 0 aromatic heterocycles. The van der Waals surface area contributed by atoms with Gasteiger partial charge in [-0.05, 0) is 24.6 Å². The van der Waals surface area contributed by atoms with Crippen molar-refractivity contribution in [1.29, 1.82) is 5.26 Å². The zero-order chi connectivity index (χ0) is 10.7. The smallest absolute Gasteiger partial charge is 0.151 e. The Labute approximate surface area is 92.1 Å². The first-order chi connectivity index (χ1) is 6.56. The molecule has 2 nitrogen and oxygen atoms in total. The van der Waals surface area contributed by atoms with Gasteiger partial charge in [-0.2, -0.15) is 5.26 Å². The molecule has 0 saturated carbocycles. The number of carbonyl (C=O) groups excluding carboxylic acids is 1. The van der Waals surface area contributed by atoms with Crippen molar-refractivity contribution in [2.75, 3.05) is 0 Å². The van der Waals surface area contributed by atoms with Gasteiger partial charge in [0.1, 0.15) is 5.92 Å². The molecule has 0 aliphatic heterocycles. The average molecular weight is 228 g/mol. The molecule has 0 saturated heterocycles. The fourth-order valence-corrected chi connectivity index (χ4v) is 1.40. The first kappa shape index (κ1) is 11.0. The van der Waals surface area contributed by atoms with Gasteiger partial charge in [0, 0.05) is 0 Å². The Bertz CT molecular complexity index is 409. The molecular formula is C10H7Cl2NO. The molecule has 0 N–H and O–H groups in total. The molecular weight excluding hydrogens is 221 g/mol. The fourth-order valence-electron chi connectivity index (χ4n) is 1.09. The Morgan fingerprint density at radius 3 is 2.50 bits per heavy atom. The summed E-state index contributed by atoms with van der Waals surface area (Å²) in [4.78, 5) is 11.1. The second-order valence-corrected chi connectivity index (χ2v) is 3.66. The third-order valence-corrected chi connectivity index (χ3v) is 2.55. The van der Waals surface area contributed by atoms with Crippen molar-refractivity contribution in [1.82, 2.24) is 0 Å². The lowest BCUT2D eigenvalue weighted by Crippen LogP contribution is -2.05. The van der Waals surface area contributed by atoms with Gasteiger partial charge >= 0.3 is 0 Å². The van der Waals surface area contributed by atoms with Crippen molar-refractivity contribution < 1.29 is 4.79 Å². The summed E-state index contributed by atoms with van der Waals surface area (Å²) in [6.45, 7) is 1.37. The van der Waals surface area contributed by atoms with Gasteiger partial charge in [-0.3, -0.25) is 4.79 Å². The van der Waals surface area contributed by atoms with Gasteiger partial charge in [0.05, 0.1) is 16.1 Å². The van der Waals surface area contributed by atoms with Crippen molar-refractivity contribution in [3.63, 3.8) is 0 Å². The van der Waals surface area contributed by atoms with Crippen LogP contribution in [-0.4, -0.2) is 5.78 Å². The minimum absolute atomic E-state index is 0.203. The van der Waals surface area contributed by atoms with Gasteiger partial charge in [0.25, 0.3) is 0 Å². The molecule has 0 radical (unpaired) electrons. The summed E-state index contributed by atoms with van der Waals surface area (Å²) in [5.41, 5.74) is 0.578. The highest BCUT2D eigenvalue weighted by Crippen LogP contribution is 2.26. The molecule has 0 fully saturated rings. The Balaban J connectivity index is 3.14. The van der Waals surface area contributed by atoms with Crippen LogP contribution in [0.3, 0.4) is 0 Å². The zero-order valence-electron chi connectivity index (χ0n) is 7.42. The Morgan fingerprint density at radius 1 is 1.43 bits per heavy atom. The average Bonchev–Trinajstić information content (AvgIpc) is 2.11. The molecule has 0 aliphatic carbocycles. The predicted octanol–water partition coefficient (Wildman–Crippen LogP) is 3.19. The van der Waals surface area contributed by atoms with E-state index in [0.29, 0.717) is 15.6 Å². The number of nitriles is 1. The minimum atomic E-state index is -0.759. The topological polar surface area (TPSA) is 40.9 Å². The van der Waals surface area contributed by atoms with Gasteiger partial charge in [-0.15, -0.1) is 0 Å². The first-order valence-electron chi connectivity index (χ1n) is 3.91. The van der Waals surface area contributed by atoms with E-state index in [0.717, 1.165) is 0 Å². The summed E-state index contributed by atoms with van der Waals surface area (Å²) in [6, 6.07) is 6.66. The number of benzene rings is 1. The first-order valence-corrected chi connectivity index (χ1v) is 4.67. The number of rotatable bonds is 2. The second kappa shape index (κ2) is 4.45. The number of nitrogens with zero attached hydrogens (tertiary/aromatic N) is 1. The minimum Gasteiger partial charge on any atom is -0.298 e. The largest absolute Gasteiger partial charge is 0.298 e. The summed E-state index contributed by atoms with van der Waals surface area (Å²) < 4.78 is 0. The van der Waals surface area contributed by atoms with Crippen LogP contribution in [0.2, 0.25) is 10.0 Å². The maximum atomic E-state index is 11.1. The SMILES string of the molecule is CC(=O)[C@@H](C#N)c1ccc(Cl)c(Cl)c1. The van der Waals surface area contributed by atoms with Crippen molar-refractivity contribution in [2.24, 2.45) is 0 Å². The number of halogens is 2. The summed E-state index contributed by atoms with van der Waals surface area (Å²) >= 11 is 11.5. The van der Waals surface area contributed by atoms with E-state index in [2.05, 4.69) is 0 Å². The molecule has 0 bridgehead atoms. The molecule has 0 unspecified atom stereocenters. The van der Waals surface area contributed by atoms with Crippen LogP contribution in [0.1, 0.15) is 18.4 Å². The summed E-state index contributed by atoms with van der Waals surface area (Å²) in [5, 5.41) is 9.53. The van der Waals surface area contributed by atoms with Crippen LogP contribution in [0.25, 0.3) is 0 Å². The van der Waals surface area contributed by atoms with E-state index < -0.39 is 5.92 Å². The van der Waals surface area contributed by atoms with Crippen molar-refractivity contribution in [3.8, 4) is 6.07 Å². The summed E-state index contributed by atoms with van der Waals surface area (Å²) in [7, 11) is 0. The van der Waals surface area contributed by atoms with E-state index in [4.69, 9.17) is 28.5 Å². The normalized spacial score (nSPS) is 11.9. The lowest BCUT2D eigenvalue weighted by atomic mass is 9.97. The van der Waals surface area contributed by atoms with Gasteiger partial charge < -0.3 is 0 Å². The van der Waals surface area contributed by atoms with E-state index in [9.17, 15) is 4.79 Å². The van der Waals surface area contributed by atoms with Crippen LogP contribution in [0.5, 0.6) is 0 Å². The van der Waals surface area contributed by atoms with Crippen molar-refractivity contribution >= 4 is 29.0 Å². The van der Waals surface area contributed by atoms with Gasteiger partial charge in [0.2, 0.25) is 0 Å². The van der Waals surface area contributed by atoms with Crippen LogP contribution in [-0.2, 0) is 4.79 Å². The summed E-state index contributed by atoms with van der Waals surface area (Å²) in [6.07, 6.45) is 0. The Kier molecular flexibility index (Phi) is 3.51. The van der Waals surface area contributed by atoms with E-state index in [1.165, 1.54) is 6.92 Å². The summed E-state index contributed by atoms with van der Waals surface area (Å²) in [5.74, 6) is -0.962. The second-order valence-electron chi connectivity index (χ2n) is 2.85. The number of hydrogen-bond acceptors (Lipinski definition) is 2. The molecule has 1 aromatic carbocycles. The number of ketones is 1. The number of carbonyl (C=O) groups is 1. The highest BCUT2D eigenvalue weighted by atomic mass is 35.5. The molecule has 4 heteroatoms. The molecule has 0 aliphatic rings. The quantitative estimate of drug-likeness (QED) is 0.779. The lowest BCUT2D eigenvalue weighted by molar-refractivity contribution is -0.117. The third-order valence-electron chi connectivity index (χ3n) is 1.81. The molecule has 1 rings (SSSR count). The predicted molar refractivity (Wildman–Crippen MR) is 55.5 cm³/mol. The highest BCUT2D eigenvalue weighted by molar-refractivity contribution is 6.42. The van der Waals surface area contributed by atoms with Crippen LogP contribution in [0.15, 0.2) is 18.2 Å². The molecule has 0 heterocycles. The Hall–Kier alpha value is -1.04. The maximum Gasteiger partial charge on any atom is 0.151 e. The molecule has 14 heavy (non-hydrogen) atoms. The maximum absolute atomic E-state index is 11.1. The van der Waals surface area contributed by atoms with Crippen LogP contribution < -0.4 is 0 Å². The molecule has 0 spiro atoms. The standard InChI is InChI=1S/C10H7Cl2NO/c1-6(14)8(5-13)7-2-3-9(11)10(12)4-7/h2-4,8H,1H3/t8-/m1/s1. The third kappa shape index (κ3) is 2.25. The fraction of sp³-hybridized carbons (Fsp3) is 0.200. The monoisotopic (exact) mass is 227 g/mol. The van der Waals surface area contributed by atoms with E-state index in [-0.39, 0.29) is 5.78 Å². The molecule has 72 valence electrons. The molecule has 1 atom stereocenters. The van der Waals surface area contributed by atoms with Gasteiger partial charge in [-0.1, -0.05) is 29.3 Å². The van der Waals surface area contributed by atoms with Gasteiger partial charge in [0.15, 0.2) is 5.78 Å². The van der Waals surface area contributed by atoms with E-state index >= 15 is 0 Å². The highest BCUT2D eigenvalue weighted by Gasteiger charge is 2.16. The lowest BCUT2D eigenvalue weighted by Gasteiger charge is -2.06. The van der Waals surface area contributed by atoms with Crippen molar-refractivity contribution in [2.45, 2.75) is 12.8 Å². The van der Waals surface area contributed by atoms with Crippen LogP contribution >= 0.6 is 23.2 Å². The van der Waals surface area contributed by atoms with E-state index in [1.54, 1.807) is 18.2 Å². The van der Waals surface area contributed by atoms with E-state index in [1.807, 2.05) is 6.07 Å². The zero-order valence-corrected chi connectivity index (χ0v) is 8.93. The van der Waals surface area contributed by atoms with Gasteiger partial charge in [-0.25, -0.2) is 0 Å². The number of hydrogen-bond donors (Lipinski definition) is 0. The number of Topliss-reactive ketones (excluding diaryl/α,β-unsaturated/α-hetero) is 1. The van der Waals surface area contributed by atoms with Crippen LogP contribution in [0, 0.1) is 11.3 Å².